The molecule has 2 N–H and O–H groups in total. The quantitative estimate of drug-likeness (QED) is 0.330. The van der Waals surface area contributed by atoms with E-state index in [2.05, 4.69) is 31.7 Å². The van der Waals surface area contributed by atoms with Crippen molar-refractivity contribution in [1.29, 1.82) is 0 Å². The first kappa shape index (κ1) is 22.5. The van der Waals surface area contributed by atoms with Crippen LogP contribution in [0.4, 0.5) is 25.0 Å². The molecular formula is C22H17BrF2N4O4. The summed E-state index contributed by atoms with van der Waals surface area (Å²) in [6, 6.07) is 6.80. The van der Waals surface area contributed by atoms with E-state index in [1.165, 1.54) is 6.07 Å². The Labute approximate surface area is 194 Å². The van der Waals surface area contributed by atoms with E-state index in [4.69, 9.17) is 9.15 Å². The highest BCUT2D eigenvalue weighted by atomic mass is 79.9. The minimum atomic E-state index is -0.908. The standard InChI is InChI=1S/C22H17BrF2N4O4/c1-3-32-21(30)18-7-11-6-13(27-22(31)28-17-5-4-12(24)8-16(17)25)9-14(20(11)33-18)19-15(23)10-26-29(19)2/h4-10H,3H2,1-2H3,(H2,27,28,31). The molecule has 0 fully saturated rings. The number of urea groups is 1. The molecule has 0 saturated heterocycles. The number of fused-ring (bicyclic) bond motifs is 1. The van der Waals surface area contributed by atoms with Crippen LogP contribution in [0.25, 0.3) is 22.2 Å². The van der Waals surface area contributed by atoms with Crippen LogP contribution in [0, 0.1) is 11.6 Å². The molecule has 0 radical (unpaired) electrons. The van der Waals surface area contributed by atoms with Crippen molar-refractivity contribution in [2.75, 3.05) is 17.2 Å². The number of carbonyl (C=O) groups excluding carboxylic acids is 2. The summed E-state index contributed by atoms with van der Waals surface area (Å²) in [7, 11) is 1.73. The number of rotatable bonds is 5. The first-order valence-electron chi connectivity index (χ1n) is 9.72. The summed E-state index contributed by atoms with van der Waals surface area (Å²) >= 11 is 3.45. The van der Waals surface area contributed by atoms with Crippen molar-refractivity contribution < 1.29 is 27.5 Å². The van der Waals surface area contributed by atoms with Crippen molar-refractivity contribution in [3.63, 3.8) is 0 Å². The number of hydrogen-bond donors (Lipinski definition) is 2. The Morgan fingerprint density at radius 3 is 2.64 bits per heavy atom. The number of aromatic nitrogens is 2. The molecule has 8 nitrogen and oxygen atoms in total. The average Bonchev–Trinajstić information content (AvgIpc) is 3.33. The van der Waals surface area contributed by atoms with Gasteiger partial charge in [0.2, 0.25) is 5.76 Å². The van der Waals surface area contributed by atoms with Gasteiger partial charge in [0.15, 0.2) is 0 Å². The summed E-state index contributed by atoms with van der Waals surface area (Å²) in [6.45, 7) is 1.87. The maximum Gasteiger partial charge on any atom is 0.374 e. The van der Waals surface area contributed by atoms with Gasteiger partial charge in [-0.05, 0) is 53.2 Å². The van der Waals surface area contributed by atoms with Crippen LogP contribution in [0.15, 0.2) is 51.5 Å². The normalized spacial score (nSPS) is 10.9. The van der Waals surface area contributed by atoms with Crippen LogP contribution in [-0.4, -0.2) is 28.4 Å². The van der Waals surface area contributed by atoms with Gasteiger partial charge in [-0.1, -0.05) is 0 Å². The molecule has 2 heterocycles. The highest BCUT2D eigenvalue weighted by Gasteiger charge is 2.21. The molecule has 0 bridgehead atoms. The fourth-order valence-electron chi connectivity index (χ4n) is 3.29. The molecule has 0 aliphatic rings. The molecule has 2 aromatic carbocycles. The van der Waals surface area contributed by atoms with Gasteiger partial charge in [-0.2, -0.15) is 5.10 Å². The third-order valence-corrected chi connectivity index (χ3v) is 5.26. The van der Waals surface area contributed by atoms with Crippen molar-refractivity contribution in [1.82, 2.24) is 9.78 Å². The van der Waals surface area contributed by atoms with E-state index in [-0.39, 0.29) is 18.1 Å². The van der Waals surface area contributed by atoms with Crippen LogP contribution < -0.4 is 10.6 Å². The maximum atomic E-state index is 13.9. The zero-order chi connectivity index (χ0) is 23.7. The van der Waals surface area contributed by atoms with E-state index in [9.17, 15) is 18.4 Å². The number of carbonyl (C=O) groups is 2. The maximum absolute atomic E-state index is 13.9. The zero-order valence-corrected chi connectivity index (χ0v) is 19.0. The van der Waals surface area contributed by atoms with Gasteiger partial charge in [0.1, 0.15) is 17.2 Å². The lowest BCUT2D eigenvalue weighted by molar-refractivity contribution is 0.0492. The summed E-state index contributed by atoms with van der Waals surface area (Å²) in [5, 5.41) is 9.67. The highest BCUT2D eigenvalue weighted by molar-refractivity contribution is 9.10. The van der Waals surface area contributed by atoms with Crippen molar-refractivity contribution in [2.24, 2.45) is 7.05 Å². The van der Waals surface area contributed by atoms with Gasteiger partial charge in [0, 0.05) is 29.8 Å². The van der Waals surface area contributed by atoms with Crippen LogP contribution in [-0.2, 0) is 11.8 Å². The lowest BCUT2D eigenvalue weighted by atomic mass is 10.1. The number of benzene rings is 2. The zero-order valence-electron chi connectivity index (χ0n) is 17.4. The summed E-state index contributed by atoms with van der Waals surface area (Å²) in [4.78, 5) is 24.7. The summed E-state index contributed by atoms with van der Waals surface area (Å²) in [5.74, 6) is -2.29. The van der Waals surface area contributed by atoms with Gasteiger partial charge in [0.25, 0.3) is 0 Å². The summed E-state index contributed by atoms with van der Waals surface area (Å²) in [6.07, 6.45) is 1.60. The van der Waals surface area contributed by atoms with Crippen LogP contribution in [0.3, 0.4) is 0 Å². The smallest absolute Gasteiger partial charge is 0.374 e. The molecule has 4 rings (SSSR count). The molecule has 0 aliphatic heterocycles. The SMILES string of the molecule is CCOC(=O)c1cc2cc(NC(=O)Nc3ccc(F)cc3F)cc(-c3c(Br)cnn3C)c2o1. The van der Waals surface area contributed by atoms with Crippen LogP contribution >= 0.6 is 15.9 Å². The fraction of sp³-hybridized carbons (Fsp3) is 0.136. The predicted octanol–water partition coefficient (Wildman–Crippen LogP) is 5.69. The Bertz CT molecular complexity index is 1360. The molecule has 0 aliphatic carbocycles. The second-order valence-electron chi connectivity index (χ2n) is 6.94. The van der Waals surface area contributed by atoms with E-state index < -0.39 is 23.6 Å². The predicted molar refractivity (Wildman–Crippen MR) is 121 cm³/mol. The molecule has 0 atom stereocenters. The number of nitrogens with zero attached hydrogens (tertiary/aromatic N) is 2. The first-order valence-corrected chi connectivity index (χ1v) is 10.5. The fourth-order valence-corrected chi connectivity index (χ4v) is 3.85. The minimum Gasteiger partial charge on any atom is -0.460 e. The van der Waals surface area contributed by atoms with E-state index >= 15 is 0 Å². The van der Waals surface area contributed by atoms with Gasteiger partial charge in [-0.3, -0.25) is 4.68 Å². The molecule has 11 heteroatoms. The molecule has 2 amide bonds. The number of nitrogens with one attached hydrogen (secondary N) is 2. The third-order valence-electron chi connectivity index (χ3n) is 4.68. The summed E-state index contributed by atoms with van der Waals surface area (Å²) < 4.78 is 40.1. The Balaban J connectivity index is 1.74. The molecule has 2 aromatic heterocycles. The minimum absolute atomic E-state index is 0.00127. The largest absolute Gasteiger partial charge is 0.460 e. The lowest BCUT2D eigenvalue weighted by Crippen LogP contribution is -2.20. The molecular weight excluding hydrogens is 502 g/mol. The monoisotopic (exact) mass is 518 g/mol. The van der Waals surface area contributed by atoms with Crippen LogP contribution in [0.1, 0.15) is 17.5 Å². The second kappa shape index (κ2) is 9.02. The van der Waals surface area contributed by atoms with Crippen LogP contribution in [0.2, 0.25) is 0 Å². The second-order valence-corrected chi connectivity index (χ2v) is 7.80. The molecule has 170 valence electrons. The first-order chi connectivity index (χ1) is 15.8. The van der Waals surface area contributed by atoms with Gasteiger partial charge in [0.05, 0.1) is 28.7 Å². The topological polar surface area (TPSA) is 98.4 Å². The molecule has 0 spiro atoms. The highest BCUT2D eigenvalue weighted by Crippen LogP contribution is 2.37. The molecule has 4 aromatic rings. The van der Waals surface area contributed by atoms with E-state index in [0.29, 0.717) is 38.5 Å². The van der Waals surface area contributed by atoms with E-state index in [1.54, 1.807) is 37.0 Å². The average molecular weight is 519 g/mol. The van der Waals surface area contributed by atoms with Gasteiger partial charge in [-0.25, -0.2) is 18.4 Å². The number of ether oxygens (including phenoxy) is 1. The number of furan rings is 1. The Kier molecular flexibility index (Phi) is 6.14. The third kappa shape index (κ3) is 4.58. The number of esters is 1. The number of halogens is 3. The van der Waals surface area contributed by atoms with Gasteiger partial charge < -0.3 is 19.8 Å². The van der Waals surface area contributed by atoms with Crippen molar-refractivity contribution >= 4 is 50.3 Å². The van der Waals surface area contributed by atoms with Crippen LogP contribution in [0.5, 0.6) is 0 Å². The number of hydrogen-bond acceptors (Lipinski definition) is 5. The molecule has 33 heavy (non-hydrogen) atoms. The van der Waals surface area contributed by atoms with Crippen molar-refractivity contribution in [2.45, 2.75) is 6.92 Å². The van der Waals surface area contributed by atoms with Crippen molar-refractivity contribution in [3.05, 3.63) is 64.5 Å². The lowest BCUT2D eigenvalue weighted by Gasteiger charge is -2.11. The van der Waals surface area contributed by atoms with E-state index in [1.807, 2.05) is 0 Å². The number of aryl methyl sites for hydroxylation is 1. The Hall–Kier alpha value is -3.73. The summed E-state index contributed by atoms with van der Waals surface area (Å²) in [5.41, 5.74) is 1.72. The Morgan fingerprint density at radius 1 is 1.18 bits per heavy atom. The molecule has 0 saturated carbocycles. The van der Waals surface area contributed by atoms with Gasteiger partial charge >= 0.3 is 12.0 Å². The van der Waals surface area contributed by atoms with Crippen molar-refractivity contribution in [3.8, 4) is 11.3 Å². The van der Waals surface area contributed by atoms with E-state index in [0.717, 1.165) is 12.1 Å². The number of amides is 2. The van der Waals surface area contributed by atoms with Gasteiger partial charge in [-0.15, -0.1) is 0 Å². The molecule has 0 unspecified atom stereocenters. The number of anilines is 2. The Morgan fingerprint density at radius 2 is 1.97 bits per heavy atom.